The molecule has 0 saturated carbocycles. The van der Waals surface area contributed by atoms with Gasteiger partial charge in [0, 0.05) is 32.6 Å². The summed E-state index contributed by atoms with van der Waals surface area (Å²) < 4.78 is 70.9. The second-order valence-corrected chi connectivity index (χ2v) is 18.8. The van der Waals surface area contributed by atoms with Crippen LogP contribution in [0.15, 0.2) is 0 Å². The van der Waals surface area contributed by atoms with Gasteiger partial charge in [-0.15, -0.1) is 0 Å². The quantitative estimate of drug-likeness (QED) is 0.0254. The Balaban J connectivity index is 3.60. The van der Waals surface area contributed by atoms with Gasteiger partial charge < -0.3 is 128 Å². The molecular weight excluding hydrogens is 1070 g/mol. The van der Waals surface area contributed by atoms with Crippen molar-refractivity contribution in [3.63, 3.8) is 0 Å². The molecule has 0 aliphatic heterocycles. The summed E-state index contributed by atoms with van der Waals surface area (Å²) in [5.41, 5.74) is -0.736. The molecular formula is C50H99N3O27. The second-order valence-electron chi connectivity index (χ2n) is 18.8. The van der Waals surface area contributed by atoms with Crippen molar-refractivity contribution in [1.82, 2.24) is 15.5 Å². The van der Waals surface area contributed by atoms with E-state index in [-0.39, 0.29) is 58.3 Å². The minimum Gasteiger partial charge on any atom is -0.480 e. The van der Waals surface area contributed by atoms with Gasteiger partial charge in [-0.1, -0.05) is 0 Å². The molecule has 0 radical (unpaired) electrons. The number of aliphatic hydroxyl groups is 10. The Labute approximate surface area is 469 Å². The first-order valence-electron chi connectivity index (χ1n) is 27.1. The van der Waals surface area contributed by atoms with E-state index in [9.17, 15) is 60.3 Å². The molecule has 0 saturated heterocycles. The van der Waals surface area contributed by atoms with Crippen LogP contribution in [0.25, 0.3) is 0 Å². The molecule has 0 fully saturated rings. The Kier molecular flexibility index (Phi) is 50.1. The first-order valence-corrected chi connectivity index (χ1v) is 27.1. The Morgan fingerprint density at radius 1 is 0.438 bits per heavy atom. The predicted octanol–water partition coefficient (Wildman–Crippen LogP) is -4.99. The molecule has 0 spiro atoms. The van der Waals surface area contributed by atoms with E-state index in [1.54, 1.807) is 20.8 Å². The molecule has 80 heavy (non-hydrogen) atoms. The van der Waals surface area contributed by atoms with Gasteiger partial charge in [0.15, 0.2) is 0 Å². The maximum Gasteiger partial charge on any atom is 0.408 e. The van der Waals surface area contributed by atoms with Gasteiger partial charge in [0.05, 0.1) is 184 Å². The van der Waals surface area contributed by atoms with Crippen LogP contribution in [-0.4, -0.2) is 337 Å². The molecule has 0 aromatic heterocycles. The Morgan fingerprint density at radius 2 is 0.738 bits per heavy atom. The first kappa shape index (κ1) is 77.3. The van der Waals surface area contributed by atoms with Crippen LogP contribution >= 0.6 is 0 Å². The van der Waals surface area contributed by atoms with E-state index < -0.39 is 98.8 Å². The molecule has 0 rings (SSSR count). The van der Waals surface area contributed by atoms with E-state index in [0.29, 0.717) is 145 Å². The van der Waals surface area contributed by atoms with Crippen LogP contribution in [0.5, 0.6) is 0 Å². The summed E-state index contributed by atoms with van der Waals surface area (Å²) in [5.74, 6) is -1.33. The smallest absolute Gasteiger partial charge is 0.408 e. The molecule has 0 aromatic rings. The number of alkyl carbamates (subject to hydrolysis) is 1. The van der Waals surface area contributed by atoms with E-state index in [1.165, 1.54) is 4.90 Å². The van der Waals surface area contributed by atoms with Gasteiger partial charge in [-0.2, -0.15) is 0 Å². The molecule has 0 heterocycles. The molecule has 0 unspecified atom stereocenters. The molecule has 30 heteroatoms. The lowest BCUT2D eigenvalue weighted by atomic mass is 10.0. The molecule has 0 aliphatic rings. The predicted molar refractivity (Wildman–Crippen MR) is 281 cm³/mol. The van der Waals surface area contributed by atoms with Gasteiger partial charge in [-0.3, -0.25) is 9.69 Å². The molecule has 0 aliphatic carbocycles. The SMILES string of the molecule is CC(C)(C)OC(=O)N[C@@H](CCCCNC(=O)CCOCCOCCOCCOCCOCCOCCOCCOCCOCCOCCOCCOCCN(C[C@H](O)[C@@H](O)[C@H](O)[C@H](O)CO)C[C@H](O)[C@@H](O)[C@H](O)[C@H](O)CO)C(=O)O. The van der Waals surface area contributed by atoms with Gasteiger partial charge in [0.2, 0.25) is 5.91 Å². The summed E-state index contributed by atoms with van der Waals surface area (Å²) >= 11 is 0. The van der Waals surface area contributed by atoms with E-state index in [0.717, 1.165) is 0 Å². The number of nitrogens with one attached hydrogen (secondary N) is 2. The Bertz CT molecular complexity index is 1420. The number of carboxylic acid groups (broad SMARTS) is 1. The highest BCUT2D eigenvalue weighted by Crippen LogP contribution is 2.12. The van der Waals surface area contributed by atoms with Crippen LogP contribution in [0.1, 0.15) is 46.5 Å². The molecule has 0 bridgehead atoms. The number of carbonyl (C=O) groups is 3. The number of ether oxygens (including phenoxy) is 13. The first-order chi connectivity index (χ1) is 38.3. The summed E-state index contributed by atoms with van der Waals surface area (Å²) in [5, 5.41) is 113. The van der Waals surface area contributed by atoms with Crippen molar-refractivity contribution in [2.75, 3.05) is 198 Å². The lowest BCUT2D eigenvalue weighted by Gasteiger charge is -2.33. The average Bonchev–Trinajstić information content (AvgIpc) is 3.42. The van der Waals surface area contributed by atoms with Gasteiger partial charge >= 0.3 is 12.1 Å². The molecule has 476 valence electrons. The Hall–Kier alpha value is -2.71. The standard InChI is InChI=1S/C50H99N3O27/c1-50(2,3)80-49(67)52-38(48(65)66)6-4-5-8-51-43(60)7-10-68-12-14-70-16-18-72-20-22-74-24-26-76-28-30-78-32-33-79-31-29-77-27-25-75-23-21-73-19-17-71-15-13-69-11-9-53(34-39(56)44(61)46(63)41(58)36-54)35-40(57)45(62)47(64)42(59)37-55/h38-42,44-47,54-59,61-64H,4-37H2,1-3H3,(H,51,60)(H,52,67)(H,65,66)/t38-,39-,40-,41+,42+,44+,45+,46+,47+/m0/s1. The normalized spacial score (nSPS) is 15.5. The third kappa shape index (κ3) is 45.8. The van der Waals surface area contributed by atoms with Crippen molar-refractivity contribution < 1.29 is 132 Å². The molecule has 9 atom stereocenters. The number of carboxylic acids is 1. The van der Waals surface area contributed by atoms with E-state index in [1.807, 2.05) is 0 Å². The number of unbranched alkanes of at least 4 members (excludes halogenated alkanes) is 1. The number of aliphatic hydroxyl groups excluding tert-OH is 10. The zero-order chi connectivity index (χ0) is 59.7. The number of hydrogen-bond acceptors (Lipinski definition) is 27. The average molecular weight is 1170 g/mol. The van der Waals surface area contributed by atoms with E-state index in [4.69, 9.17) is 71.8 Å². The van der Waals surface area contributed by atoms with Crippen LogP contribution < -0.4 is 10.6 Å². The summed E-state index contributed by atoms with van der Waals surface area (Å²) in [7, 11) is 0. The van der Waals surface area contributed by atoms with Gasteiger partial charge in [0.1, 0.15) is 48.3 Å². The molecule has 13 N–H and O–H groups in total. The number of rotatable bonds is 58. The highest BCUT2D eigenvalue weighted by Gasteiger charge is 2.34. The fraction of sp³-hybridized carbons (Fsp3) is 0.940. The highest BCUT2D eigenvalue weighted by atomic mass is 16.6. The van der Waals surface area contributed by atoms with Crippen LogP contribution in [0, 0.1) is 0 Å². The van der Waals surface area contributed by atoms with Crippen molar-refractivity contribution in [2.45, 2.75) is 107 Å². The summed E-state index contributed by atoms with van der Waals surface area (Å²) in [6.07, 6.45) is -13.7. The molecule has 30 nitrogen and oxygen atoms in total. The zero-order valence-electron chi connectivity index (χ0n) is 47.1. The number of nitrogens with zero attached hydrogens (tertiary/aromatic N) is 1. The minimum absolute atomic E-state index is 0.0191. The fourth-order valence-corrected chi connectivity index (χ4v) is 6.51. The van der Waals surface area contributed by atoms with Crippen LogP contribution in [0.2, 0.25) is 0 Å². The topological polar surface area (TPSA) is 421 Å². The molecule has 0 aromatic carbocycles. The number of aliphatic carboxylic acids is 1. The van der Waals surface area contributed by atoms with Gasteiger partial charge in [0.25, 0.3) is 0 Å². The van der Waals surface area contributed by atoms with E-state index >= 15 is 0 Å². The third-order valence-corrected chi connectivity index (χ3v) is 10.9. The second kappa shape index (κ2) is 51.9. The van der Waals surface area contributed by atoms with Gasteiger partial charge in [-0.25, -0.2) is 9.59 Å². The maximum absolute atomic E-state index is 12.0. The van der Waals surface area contributed by atoms with Crippen molar-refractivity contribution in [1.29, 1.82) is 0 Å². The Morgan fingerprint density at radius 3 is 1.04 bits per heavy atom. The lowest BCUT2D eigenvalue weighted by Crippen LogP contribution is -2.53. The minimum atomic E-state index is -1.89. The molecule has 2 amide bonds. The highest BCUT2D eigenvalue weighted by molar-refractivity contribution is 5.80. The van der Waals surface area contributed by atoms with E-state index in [2.05, 4.69) is 10.6 Å². The monoisotopic (exact) mass is 1170 g/mol. The summed E-state index contributed by atoms with van der Waals surface area (Å²) in [4.78, 5) is 36.6. The van der Waals surface area contributed by atoms with Crippen LogP contribution in [0.3, 0.4) is 0 Å². The van der Waals surface area contributed by atoms with Crippen molar-refractivity contribution in [3.8, 4) is 0 Å². The van der Waals surface area contributed by atoms with Crippen LogP contribution in [-0.2, 0) is 71.2 Å². The number of amides is 2. The van der Waals surface area contributed by atoms with Crippen molar-refractivity contribution in [2.24, 2.45) is 0 Å². The van der Waals surface area contributed by atoms with Crippen molar-refractivity contribution in [3.05, 3.63) is 0 Å². The van der Waals surface area contributed by atoms with Gasteiger partial charge in [-0.05, 0) is 40.0 Å². The zero-order valence-corrected chi connectivity index (χ0v) is 47.1. The summed E-state index contributed by atoms with van der Waals surface area (Å²) in [6.45, 7) is 11.3. The fourth-order valence-electron chi connectivity index (χ4n) is 6.51. The van der Waals surface area contributed by atoms with Crippen LogP contribution in [0.4, 0.5) is 4.79 Å². The van der Waals surface area contributed by atoms with Crippen molar-refractivity contribution >= 4 is 18.0 Å². The number of carbonyl (C=O) groups excluding carboxylic acids is 2. The largest absolute Gasteiger partial charge is 0.480 e. The summed E-state index contributed by atoms with van der Waals surface area (Å²) in [6, 6.07) is -1.07. The number of hydrogen-bond donors (Lipinski definition) is 13. The lowest BCUT2D eigenvalue weighted by molar-refractivity contribution is -0.139. The third-order valence-electron chi connectivity index (χ3n) is 10.9. The maximum atomic E-state index is 12.0.